The van der Waals surface area contributed by atoms with Gasteiger partial charge in [0.05, 0.1) is 6.54 Å². The molecule has 0 bridgehead atoms. The molecule has 0 aliphatic carbocycles. The highest BCUT2D eigenvalue weighted by molar-refractivity contribution is 9.11. The molecule has 0 saturated heterocycles. The number of hydroxylamine groups is 2. The molecule has 0 heterocycles. The lowest BCUT2D eigenvalue weighted by Crippen LogP contribution is -2.26. The number of hydrogen-bond acceptors (Lipinski definition) is 5. The molecule has 6 nitrogen and oxygen atoms in total. The third kappa shape index (κ3) is 9.02. The van der Waals surface area contributed by atoms with Gasteiger partial charge in [0.2, 0.25) is 0 Å². The second-order valence-electron chi connectivity index (χ2n) is 9.87. The Kier molecular flexibility index (Phi) is 10.6. The molecule has 0 unspecified atom stereocenters. The first-order valence-electron chi connectivity index (χ1n) is 13.8. The molecule has 0 aliphatic heterocycles. The molecule has 218 valence electrons. The fourth-order valence-electron chi connectivity index (χ4n) is 4.44. The third-order valence-electron chi connectivity index (χ3n) is 6.59. The van der Waals surface area contributed by atoms with Gasteiger partial charge in [-0.2, -0.15) is 5.06 Å². The van der Waals surface area contributed by atoms with Gasteiger partial charge in [0.1, 0.15) is 23.0 Å². The normalized spacial score (nSPS) is 10.9. The number of amides is 1. The van der Waals surface area contributed by atoms with E-state index < -0.39 is 0 Å². The maximum atomic E-state index is 12.9. The van der Waals surface area contributed by atoms with Crippen molar-refractivity contribution in [2.75, 3.05) is 6.54 Å². The summed E-state index contributed by atoms with van der Waals surface area (Å²) in [5.41, 5.74) is 3.34. The van der Waals surface area contributed by atoms with Crippen molar-refractivity contribution in [2.24, 2.45) is 0 Å². The average Bonchev–Trinajstić information content (AvgIpc) is 3.01. The smallest absolute Gasteiger partial charge is 0.251 e. The van der Waals surface area contributed by atoms with Crippen molar-refractivity contribution in [3.05, 3.63) is 153 Å². The van der Waals surface area contributed by atoms with Crippen molar-refractivity contribution in [1.29, 1.82) is 0 Å². The zero-order valence-corrected chi connectivity index (χ0v) is 26.4. The summed E-state index contributed by atoms with van der Waals surface area (Å²) in [7, 11) is 0. The van der Waals surface area contributed by atoms with Gasteiger partial charge < -0.3 is 20.0 Å². The number of para-hydroxylation sites is 2. The zero-order chi connectivity index (χ0) is 30.0. The van der Waals surface area contributed by atoms with E-state index in [-0.39, 0.29) is 12.5 Å². The van der Waals surface area contributed by atoms with E-state index in [9.17, 15) is 10.0 Å². The van der Waals surface area contributed by atoms with Gasteiger partial charge in [-0.15, -0.1) is 0 Å². The Hall–Kier alpha value is -3.95. The molecule has 2 N–H and O–H groups in total. The first kappa shape index (κ1) is 30.5. The van der Waals surface area contributed by atoms with Crippen LogP contribution in [0.2, 0.25) is 0 Å². The first-order chi connectivity index (χ1) is 20.9. The highest BCUT2D eigenvalue weighted by Gasteiger charge is 2.15. The van der Waals surface area contributed by atoms with E-state index in [0.29, 0.717) is 30.8 Å². The van der Waals surface area contributed by atoms with Crippen molar-refractivity contribution in [3.63, 3.8) is 0 Å². The van der Waals surface area contributed by atoms with Crippen molar-refractivity contribution < 1.29 is 19.5 Å². The molecule has 0 fully saturated rings. The number of halogens is 2. The molecule has 0 spiro atoms. The Labute approximate surface area is 268 Å². The van der Waals surface area contributed by atoms with Crippen molar-refractivity contribution in [1.82, 2.24) is 10.4 Å². The number of nitrogens with zero attached hydrogens (tertiary/aromatic N) is 1. The minimum atomic E-state index is -0.173. The molecule has 1 amide bonds. The number of nitrogens with one attached hydrogen (secondary N) is 1. The van der Waals surface area contributed by atoms with E-state index in [1.54, 1.807) is 12.1 Å². The van der Waals surface area contributed by atoms with Crippen LogP contribution in [0.25, 0.3) is 0 Å². The van der Waals surface area contributed by atoms with Gasteiger partial charge in [-0.05, 0) is 83.8 Å². The van der Waals surface area contributed by atoms with Gasteiger partial charge in [-0.25, -0.2) is 0 Å². The van der Waals surface area contributed by atoms with Gasteiger partial charge in [-0.3, -0.25) is 4.79 Å². The molecule has 8 heteroatoms. The van der Waals surface area contributed by atoms with E-state index in [2.05, 4.69) is 37.2 Å². The van der Waals surface area contributed by atoms with Gasteiger partial charge in [-0.1, -0.05) is 92.5 Å². The first-order valence-corrected chi connectivity index (χ1v) is 15.4. The van der Waals surface area contributed by atoms with Crippen LogP contribution in [-0.4, -0.2) is 22.7 Å². The van der Waals surface area contributed by atoms with Crippen LogP contribution < -0.4 is 14.8 Å². The molecule has 5 aromatic carbocycles. The molecular formula is C35H30Br2N2O4. The second kappa shape index (κ2) is 15.0. The topological polar surface area (TPSA) is 71.0 Å². The number of rotatable bonds is 12. The minimum absolute atomic E-state index is 0.173. The Balaban J connectivity index is 1.12. The van der Waals surface area contributed by atoms with E-state index in [1.807, 2.05) is 109 Å². The molecular weight excluding hydrogens is 672 g/mol. The SMILES string of the molecule is O=C(NCCc1ccc(Oc2ccccc2)cc1)c1cc(Br)c(CN(O)Cc2cccc(Oc3ccccc3)c2)c(Br)c1. The Morgan fingerprint density at radius 1 is 0.651 bits per heavy atom. The van der Waals surface area contributed by atoms with Crippen LogP contribution in [0, 0.1) is 0 Å². The Morgan fingerprint density at radius 3 is 1.84 bits per heavy atom. The zero-order valence-electron chi connectivity index (χ0n) is 23.3. The van der Waals surface area contributed by atoms with E-state index >= 15 is 0 Å². The van der Waals surface area contributed by atoms with Crippen molar-refractivity contribution in [3.8, 4) is 23.0 Å². The number of hydrogen-bond donors (Lipinski definition) is 2. The molecule has 0 aromatic heterocycles. The molecule has 0 saturated carbocycles. The highest BCUT2D eigenvalue weighted by Crippen LogP contribution is 2.30. The van der Waals surface area contributed by atoms with Crippen LogP contribution in [0.3, 0.4) is 0 Å². The monoisotopic (exact) mass is 700 g/mol. The summed E-state index contributed by atoms with van der Waals surface area (Å²) in [6.07, 6.45) is 0.689. The summed E-state index contributed by atoms with van der Waals surface area (Å²) in [5, 5.41) is 15.0. The van der Waals surface area contributed by atoms with Crippen LogP contribution >= 0.6 is 31.9 Å². The summed E-state index contributed by atoms with van der Waals surface area (Å²) in [4.78, 5) is 12.9. The fraction of sp³-hybridized carbons (Fsp3) is 0.114. The number of benzene rings is 5. The van der Waals surface area contributed by atoms with Gasteiger partial charge >= 0.3 is 0 Å². The fourth-order valence-corrected chi connectivity index (χ4v) is 5.87. The Morgan fingerprint density at radius 2 is 1.21 bits per heavy atom. The molecule has 0 atom stereocenters. The van der Waals surface area contributed by atoms with Gasteiger partial charge in [0.15, 0.2) is 0 Å². The van der Waals surface area contributed by atoms with Gasteiger partial charge in [0.25, 0.3) is 5.91 Å². The van der Waals surface area contributed by atoms with E-state index in [0.717, 1.165) is 42.9 Å². The lowest BCUT2D eigenvalue weighted by Gasteiger charge is -2.18. The third-order valence-corrected chi connectivity index (χ3v) is 8.00. The van der Waals surface area contributed by atoms with Crippen LogP contribution in [-0.2, 0) is 19.5 Å². The maximum Gasteiger partial charge on any atom is 0.251 e. The van der Waals surface area contributed by atoms with E-state index in [4.69, 9.17) is 9.47 Å². The number of carbonyl (C=O) groups is 1. The van der Waals surface area contributed by atoms with Crippen molar-refractivity contribution >= 4 is 37.8 Å². The van der Waals surface area contributed by atoms with Crippen LogP contribution in [0.5, 0.6) is 23.0 Å². The quantitative estimate of drug-likeness (QED) is 0.127. The summed E-state index contributed by atoms with van der Waals surface area (Å²) in [6.45, 7) is 1.04. The van der Waals surface area contributed by atoms with Crippen molar-refractivity contribution in [2.45, 2.75) is 19.5 Å². The largest absolute Gasteiger partial charge is 0.457 e. The highest BCUT2D eigenvalue weighted by atomic mass is 79.9. The standard InChI is InChI=1S/C35H30Br2N2O4/c36-33-21-27(35(40)38-19-18-25-14-16-30(17-15-25)42-28-9-3-1-4-10-28)22-34(37)32(33)24-39(41)23-26-8-7-13-31(20-26)43-29-11-5-2-6-12-29/h1-17,20-22,41H,18-19,23-24H2,(H,38,40). The lowest BCUT2D eigenvalue weighted by molar-refractivity contribution is -0.108. The molecule has 0 aliphatic rings. The van der Waals surface area contributed by atoms with Crippen LogP contribution in [0.4, 0.5) is 0 Å². The summed E-state index contributed by atoms with van der Waals surface area (Å²) in [5.74, 6) is 2.83. The molecule has 5 aromatic rings. The molecule has 0 radical (unpaired) electrons. The second-order valence-corrected chi connectivity index (χ2v) is 11.6. The number of ether oxygens (including phenoxy) is 2. The predicted molar refractivity (Wildman–Crippen MR) is 175 cm³/mol. The average molecular weight is 702 g/mol. The van der Waals surface area contributed by atoms with E-state index in [1.165, 1.54) is 5.06 Å². The maximum absolute atomic E-state index is 12.9. The minimum Gasteiger partial charge on any atom is -0.457 e. The predicted octanol–water partition coefficient (Wildman–Crippen LogP) is 9.16. The summed E-state index contributed by atoms with van der Waals surface area (Å²) >= 11 is 7.17. The summed E-state index contributed by atoms with van der Waals surface area (Å²) < 4.78 is 13.2. The van der Waals surface area contributed by atoms with Crippen LogP contribution in [0.1, 0.15) is 27.0 Å². The molecule has 5 rings (SSSR count). The summed E-state index contributed by atoms with van der Waals surface area (Å²) in [6, 6.07) is 38.2. The number of carbonyl (C=O) groups excluding carboxylic acids is 1. The molecule has 43 heavy (non-hydrogen) atoms. The van der Waals surface area contributed by atoms with Gasteiger partial charge in [0, 0.05) is 27.6 Å². The lowest BCUT2D eigenvalue weighted by atomic mass is 10.1. The van der Waals surface area contributed by atoms with Crippen LogP contribution in [0.15, 0.2) is 130 Å². The Bertz CT molecular complexity index is 1630.